The van der Waals surface area contributed by atoms with Gasteiger partial charge in [0.1, 0.15) is 29.7 Å². The maximum atomic E-state index is 12.1. The van der Waals surface area contributed by atoms with Crippen LogP contribution < -0.4 is 5.32 Å². The summed E-state index contributed by atoms with van der Waals surface area (Å²) in [4.78, 5) is 23.5. The number of rotatable bonds is 5. The second-order valence-electron chi connectivity index (χ2n) is 5.10. The zero-order valence-electron chi connectivity index (χ0n) is 12.6. The Morgan fingerprint density at radius 1 is 1.50 bits per heavy atom. The van der Waals surface area contributed by atoms with Gasteiger partial charge in [-0.25, -0.2) is 0 Å². The lowest BCUT2D eigenvalue weighted by molar-refractivity contribution is -0.141. The number of aryl methyl sites for hydroxylation is 1. The minimum atomic E-state index is -0.421. The van der Waals surface area contributed by atoms with E-state index in [1.54, 1.807) is 6.92 Å². The average Bonchev–Trinajstić information content (AvgIpc) is 2.91. The van der Waals surface area contributed by atoms with E-state index in [4.69, 9.17) is 14.4 Å². The Balaban J connectivity index is 2.15. The van der Waals surface area contributed by atoms with Crippen molar-refractivity contribution < 1.29 is 18.7 Å². The molecule has 1 aromatic rings. The predicted octanol–water partition coefficient (Wildman–Crippen LogP) is 1.96. The lowest BCUT2D eigenvalue weighted by Crippen LogP contribution is -2.30. The molecule has 6 nitrogen and oxygen atoms in total. The van der Waals surface area contributed by atoms with Crippen molar-refractivity contribution in [3.05, 3.63) is 34.9 Å². The first-order valence-electron chi connectivity index (χ1n) is 7.17. The number of ether oxygens (including phenoxy) is 1. The third-order valence-electron chi connectivity index (χ3n) is 3.49. The van der Waals surface area contributed by atoms with Gasteiger partial charge in [-0.1, -0.05) is 0 Å². The molecule has 0 radical (unpaired) electrons. The van der Waals surface area contributed by atoms with Gasteiger partial charge in [0.2, 0.25) is 0 Å². The quantitative estimate of drug-likeness (QED) is 0.836. The molecule has 0 unspecified atom stereocenters. The van der Waals surface area contributed by atoms with Crippen molar-refractivity contribution >= 4 is 11.8 Å². The van der Waals surface area contributed by atoms with Gasteiger partial charge in [0, 0.05) is 18.0 Å². The zero-order valence-corrected chi connectivity index (χ0v) is 12.6. The molecule has 0 amide bonds. The van der Waals surface area contributed by atoms with Crippen molar-refractivity contribution in [3.63, 3.8) is 0 Å². The van der Waals surface area contributed by atoms with E-state index in [1.807, 2.05) is 25.1 Å². The molecule has 1 aromatic heterocycles. The Hall–Kier alpha value is -2.55. The molecule has 0 bridgehead atoms. The summed E-state index contributed by atoms with van der Waals surface area (Å²) >= 11 is 0. The van der Waals surface area contributed by atoms with E-state index in [2.05, 4.69) is 5.32 Å². The first-order valence-corrected chi connectivity index (χ1v) is 7.17. The van der Waals surface area contributed by atoms with Crippen molar-refractivity contribution in [1.82, 2.24) is 5.32 Å². The fourth-order valence-corrected chi connectivity index (χ4v) is 2.47. The third kappa shape index (κ3) is 3.55. The van der Waals surface area contributed by atoms with Gasteiger partial charge in [0.25, 0.3) is 0 Å². The standard InChI is InChI=1S/C16H18N2O4/c1-3-21-16(20)9-18-13-6-11(7-14(19)12(13)8-17)15-5-4-10(2)22-15/h4-5,11,18H,3,6-7,9H2,1-2H3/t11-/m1/s1. The molecule has 0 aliphatic heterocycles. The van der Waals surface area contributed by atoms with Gasteiger partial charge in [-0.15, -0.1) is 0 Å². The maximum absolute atomic E-state index is 12.1. The van der Waals surface area contributed by atoms with Gasteiger partial charge >= 0.3 is 5.97 Å². The number of allylic oxidation sites excluding steroid dienone is 2. The van der Waals surface area contributed by atoms with Crippen molar-refractivity contribution in [3.8, 4) is 6.07 Å². The lowest BCUT2D eigenvalue weighted by Gasteiger charge is -2.23. The molecule has 0 saturated carbocycles. The monoisotopic (exact) mass is 302 g/mol. The van der Waals surface area contributed by atoms with E-state index in [9.17, 15) is 9.59 Å². The highest BCUT2D eigenvalue weighted by atomic mass is 16.5. The molecule has 1 N–H and O–H groups in total. The minimum Gasteiger partial charge on any atom is -0.466 e. The number of furan rings is 1. The number of carbonyl (C=O) groups excluding carboxylic acids is 2. The largest absolute Gasteiger partial charge is 0.466 e. The van der Waals surface area contributed by atoms with Crippen LogP contribution in [0.4, 0.5) is 0 Å². The van der Waals surface area contributed by atoms with Crippen LogP contribution in [-0.4, -0.2) is 24.9 Å². The molecule has 116 valence electrons. The summed E-state index contributed by atoms with van der Waals surface area (Å²) in [5.74, 6) is 0.717. The third-order valence-corrected chi connectivity index (χ3v) is 3.49. The van der Waals surface area contributed by atoms with Crippen LogP contribution >= 0.6 is 0 Å². The second kappa shape index (κ2) is 6.94. The van der Waals surface area contributed by atoms with Crippen molar-refractivity contribution in [1.29, 1.82) is 5.26 Å². The van der Waals surface area contributed by atoms with Gasteiger partial charge < -0.3 is 14.5 Å². The number of esters is 1. The lowest BCUT2D eigenvalue weighted by atomic mass is 9.85. The molecule has 0 saturated heterocycles. The Morgan fingerprint density at radius 3 is 2.86 bits per heavy atom. The number of ketones is 1. The van der Waals surface area contributed by atoms with Gasteiger partial charge in [-0.2, -0.15) is 5.26 Å². The SMILES string of the molecule is CCOC(=O)CNC1=C(C#N)C(=O)C[C@H](c2ccc(C)o2)C1. The molecule has 0 fully saturated rings. The Kier molecular flexibility index (Phi) is 4.99. The van der Waals surface area contributed by atoms with Crippen LogP contribution in [0.15, 0.2) is 27.8 Å². The van der Waals surface area contributed by atoms with E-state index in [1.165, 1.54) is 0 Å². The predicted molar refractivity (Wildman–Crippen MR) is 77.7 cm³/mol. The topological polar surface area (TPSA) is 92.3 Å². The minimum absolute atomic E-state index is 0.0640. The summed E-state index contributed by atoms with van der Waals surface area (Å²) in [7, 11) is 0. The zero-order chi connectivity index (χ0) is 16.1. The smallest absolute Gasteiger partial charge is 0.325 e. The highest BCUT2D eigenvalue weighted by Gasteiger charge is 2.30. The van der Waals surface area contributed by atoms with Crippen LogP contribution in [0.2, 0.25) is 0 Å². The summed E-state index contributed by atoms with van der Waals surface area (Å²) in [5, 5.41) is 12.0. The summed E-state index contributed by atoms with van der Waals surface area (Å²) in [5.41, 5.74) is 0.565. The number of carbonyl (C=O) groups is 2. The molecule has 1 atom stereocenters. The number of nitrogens with one attached hydrogen (secondary N) is 1. The first-order chi connectivity index (χ1) is 10.5. The van der Waals surface area contributed by atoms with Crippen LogP contribution in [0.5, 0.6) is 0 Å². The second-order valence-corrected chi connectivity index (χ2v) is 5.10. The molecule has 22 heavy (non-hydrogen) atoms. The van der Waals surface area contributed by atoms with E-state index in [-0.39, 0.29) is 36.8 Å². The van der Waals surface area contributed by atoms with Crippen LogP contribution in [0.25, 0.3) is 0 Å². The molecule has 0 aromatic carbocycles. The average molecular weight is 302 g/mol. The Bertz CT molecular complexity index is 651. The van der Waals surface area contributed by atoms with Crippen molar-refractivity contribution in [2.75, 3.05) is 13.2 Å². The van der Waals surface area contributed by atoms with E-state index < -0.39 is 5.97 Å². The summed E-state index contributed by atoms with van der Waals surface area (Å²) in [6.07, 6.45) is 0.696. The van der Waals surface area contributed by atoms with E-state index in [0.29, 0.717) is 12.1 Å². The van der Waals surface area contributed by atoms with Crippen molar-refractivity contribution in [2.24, 2.45) is 0 Å². The number of nitriles is 1. The van der Waals surface area contributed by atoms with Gasteiger partial charge in [-0.3, -0.25) is 9.59 Å². The number of Topliss-reactive ketones (excluding diaryl/α,β-unsaturated/α-hetero) is 1. The van der Waals surface area contributed by atoms with Crippen LogP contribution in [0.3, 0.4) is 0 Å². The Morgan fingerprint density at radius 2 is 2.27 bits per heavy atom. The fourth-order valence-electron chi connectivity index (χ4n) is 2.47. The molecular weight excluding hydrogens is 284 g/mol. The number of nitrogens with zero attached hydrogens (tertiary/aromatic N) is 1. The van der Waals surface area contributed by atoms with Gasteiger partial charge in [-0.05, 0) is 32.4 Å². The van der Waals surface area contributed by atoms with Crippen LogP contribution in [0, 0.1) is 18.3 Å². The molecular formula is C16H18N2O4. The number of hydrogen-bond donors (Lipinski definition) is 1. The number of hydrogen-bond acceptors (Lipinski definition) is 6. The first kappa shape index (κ1) is 15.8. The maximum Gasteiger partial charge on any atom is 0.325 e. The van der Waals surface area contributed by atoms with Crippen LogP contribution in [0.1, 0.15) is 37.2 Å². The van der Waals surface area contributed by atoms with Gasteiger partial charge in [0.15, 0.2) is 5.78 Å². The molecule has 2 rings (SSSR count). The van der Waals surface area contributed by atoms with Crippen LogP contribution in [-0.2, 0) is 14.3 Å². The summed E-state index contributed by atoms with van der Waals surface area (Å²) < 4.78 is 10.4. The fraction of sp³-hybridized carbons (Fsp3) is 0.438. The Labute approximate surface area is 128 Å². The van der Waals surface area contributed by atoms with E-state index in [0.717, 1.165) is 11.5 Å². The normalized spacial score (nSPS) is 18.0. The summed E-state index contributed by atoms with van der Waals surface area (Å²) in [6, 6.07) is 5.60. The molecule has 0 spiro atoms. The highest BCUT2D eigenvalue weighted by Crippen LogP contribution is 2.34. The van der Waals surface area contributed by atoms with Gasteiger partial charge in [0.05, 0.1) is 6.61 Å². The summed E-state index contributed by atoms with van der Waals surface area (Å²) in [6.45, 7) is 3.78. The van der Waals surface area contributed by atoms with E-state index >= 15 is 0 Å². The molecule has 1 aliphatic carbocycles. The molecule has 1 heterocycles. The molecule has 1 aliphatic rings. The highest BCUT2D eigenvalue weighted by molar-refractivity contribution is 6.01. The molecule has 6 heteroatoms. The van der Waals surface area contributed by atoms with Crippen molar-refractivity contribution in [2.45, 2.75) is 32.6 Å².